The number of fused-ring (bicyclic) bond motifs is 1. The highest BCUT2D eigenvalue weighted by Gasteiger charge is 2.41. The van der Waals surface area contributed by atoms with Gasteiger partial charge in [-0.25, -0.2) is 4.98 Å². The molecule has 1 aliphatic rings. The van der Waals surface area contributed by atoms with E-state index in [1.807, 2.05) is 19.1 Å². The summed E-state index contributed by atoms with van der Waals surface area (Å²) >= 11 is 6.33. The summed E-state index contributed by atoms with van der Waals surface area (Å²) in [5, 5.41) is -0.0824. The molecule has 1 aromatic carbocycles. The Hall–Kier alpha value is -1.22. The fourth-order valence-electron chi connectivity index (χ4n) is 2.86. The zero-order valence-corrected chi connectivity index (χ0v) is 13.1. The summed E-state index contributed by atoms with van der Waals surface area (Å²) in [4.78, 5) is 4.72. The summed E-state index contributed by atoms with van der Waals surface area (Å²) in [7, 11) is 1.68. The van der Waals surface area contributed by atoms with E-state index in [9.17, 15) is 0 Å². The van der Waals surface area contributed by atoms with Crippen LogP contribution in [0.25, 0.3) is 11.0 Å². The van der Waals surface area contributed by atoms with E-state index in [0.717, 1.165) is 29.2 Å². The molecule has 1 unspecified atom stereocenters. The van der Waals surface area contributed by atoms with Crippen LogP contribution in [0.15, 0.2) is 18.2 Å². The molecule has 2 aromatic rings. The SMILES string of the molecule is CCC1(Cn2c(C(C)Cl)nc3cc(OC)ccc32)CC1. The highest BCUT2D eigenvalue weighted by molar-refractivity contribution is 6.20. The molecule has 0 spiro atoms. The second kappa shape index (κ2) is 4.96. The molecule has 108 valence electrons. The van der Waals surface area contributed by atoms with Gasteiger partial charge in [0.15, 0.2) is 0 Å². The lowest BCUT2D eigenvalue weighted by Gasteiger charge is -2.17. The number of aromatic nitrogens is 2. The van der Waals surface area contributed by atoms with Crippen LogP contribution in [0.4, 0.5) is 0 Å². The number of imidazole rings is 1. The van der Waals surface area contributed by atoms with Gasteiger partial charge in [0.1, 0.15) is 11.6 Å². The van der Waals surface area contributed by atoms with Gasteiger partial charge in [-0.1, -0.05) is 6.92 Å². The first kappa shape index (κ1) is 13.7. The average Bonchev–Trinajstić information content (AvgIpc) is 3.14. The van der Waals surface area contributed by atoms with Crippen LogP contribution in [0.3, 0.4) is 0 Å². The Morgan fingerprint density at radius 2 is 2.20 bits per heavy atom. The molecule has 4 heteroatoms. The lowest BCUT2D eigenvalue weighted by molar-refractivity contribution is 0.407. The Labute approximate surface area is 124 Å². The second-order valence-electron chi connectivity index (χ2n) is 5.88. The van der Waals surface area contributed by atoms with E-state index in [1.165, 1.54) is 19.3 Å². The molecule has 0 N–H and O–H groups in total. The van der Waals surface area contributed by atoms with Gasteiger partial charge in [-0.2, -0.15) is 0 Å². The molecule has 0 amide bonds. The van der Waals surface area contributed by atoms with Crippen molar-refractivity contribution in [1.29, 1.82) is 0 Å². The minimum atomic E-state index is -0.0824. The van der Waals surface area contributed by atoms with E-state index >= 15 is 0 Å². The summed E-state index contributed by atoms with van der Waals surface area (Å²) in [6.07, 6.45) is 3.85. The average molecular weight is 293 g/mol. The summed E-state index contributed by atoms with van der Waals surface area (Å²) in [6, 6.07) is 6.07. The van der Waals surface area contributed by atoms with Crippen molar-refractivity contribution in [3.05, 3.63) is 24.0 Å². The third-order valence-corrected chi connectivity index (χ3v) is 4.74. The third-order valence-electron chi connectivity index (χ3n) is 4.54. The normalized spacial score (nSPS) is 18.2. The van der Waals surface area contributed by atoms with Crippen LogP contribution in [0.2, 0.25) is 0 Å². The van der Waals surface area contributed by atoms with Crippen LogP contribution in [0, 0.1) is 5.41 Å². The van der Waals surface area contributed by atoms with Gasteiger partial charge in [-0.05, 0) is 43.7 Å². The van der Waals surface area contributed by atoms with Crippen molar-refractivity contribution in [2.24, 2.45) is 5.41 Å². The van der Waals surface area contributed by atoms with E-state index in [0.29, 0.717) is 5.41 Å². The molecule has 3 nitrogen and oxygen atoms in total. The van der Waals surface area contributed by atoms with Gasteiger partial charge in [0.05, 0.1) is 23.5 Å². The van der Waals surface area contributed by atoms with Gasteiger partial charge in [0.25, 0.3) is 0 Å². The van der Waals surface area contributed by atoms with E-state index < -0.39 is 0 Å². The van der Waals surface area contributed by atoms with E-state index in [-0.39, 0.29) is 5.38 Å². The summed E-state index contributed by atoms with van der Waals surface area (Å²) in [5.41, 5.74) is 2.60. The van der Waals surface area contributed by atoms with Crippen molar-refractivity contribution in [3.63, 3.8) is 0 Å². The molecule has 0 aliphatic heterocycles. The van der Waals surface area contributed by atoms with Crippen molar-refractivity contribution in [3.8, 4) is 5.75 Å². The van der Waals surface area contributed by atoms with Gasteiger partial charge in [-0.15, -0.1) is 11.6 Å². The summed E-state index contributed by atoms with van der Waals surface area (Å²) in [5.74, 6) is 1.81. The Kier molecular flexibility index (Phi) is 3.41. The number of methoxy groups -OCH3 is 1. The number of ether oxygens (including phenoxy) is 1. The number of rotatable bonds is 5. The van der Waals surface area contributed by atoms with Crippen LogP contribution < -0.4 is 4.74 Å². The lowest BCUT2D eigenvalue weighted by Crippen LogP contribution is -2.13. The van der Waals surface area contributed by atoms with E-state index in [4.69, 9.17) is 21.3 Å². The highest BCUT2D eigenvalue weighted by Crippen LogP contribution is 2.50. The number of alkyl halides is 1. The Bertz CT molecular complexity index is 629. The van der Waals surface area contributed by atoms with Gasteiger partial charge in [-0.3, -0.25) is 0 Å². The van der Waals surface area contributed by atoms with Crippen molar-refractivity contribution in [2.45, 2.75) is 45.0 Å². The standard InChI is InChI=1S/C16H21ClN2O/c1-4-16(7-8-16)10-19-14-6-5-12(20-3)9-13(14)18-15(19)11(2)17/h5-6,9,11H,4,7-8,10H2,1-3H3. The first-order chi connectivity index (χ1) is 9.58. The molecule has 1 fully saturated rings. The van der Waals surface area contributed by atoms with Crippen molar-refractivity contribution in [1.82, 2.24) is 9.55 Å². The maximum atomic E-state index is 6.33. The van der Waals surface area contributed by atoms with Crippen LogP contribution in [-0.4, -0.2) is 16.7 Å². The molecule has 0 saturated heterocycles. The maximum absolute atomic E-state index is 6.33. The monoisotopic (exact) mass is 292 g/mol. The molecule has 1 atom stereocenters. The molecule has 1 saturated carbocycles. The van der Waals surface area contributed by atoms with Gasteiger partial charge >= 0.3 is 0 Å². The van der Waals surface area contributed by atoms with Crippen molar-refractivity contribution < 1.29 is 4.74 Å². The second-order valence-corrected chi connectivity index (χ2v) is 6.54. The predicted octanol–water partition coefficient (Wildman–Crippen LogP) is 4.53. The van der Waals surface area contributed by atoms with Gasteiger partial charge in [0, 0.05) is 12.6 Å². The van der Waals surface area contributed by atoms with Crippen LogP contribution in [0.1, 0.15) is 44.3 Å². The number of nitrogens with zero attached hydrogens (tertiary/aromatic N) is 2. The molecule has 1 heterocycles. The van der Waals surface area contributed by atoms with E-state index in [1.54, 1.807) is 7.11 Å². The largest absolute Gasteiger partial charge is 0.497 e. The molecule has 1 aromatic heterocycles. The topological polar surface area (TPSA) is 27.1 Å². The summed E-state index contributed by atoms with van der Waals surface area (Å²) < 4.78 is 7.59. The van der Waals surface area contributed by atoms with Gasteiger partial charge in [0.2, 0.25) is 0 Å². The Morgan fingerprint density at radius 1 is 1.45 bits per heavy atom. The molecule has 20 heavy (non-hydrogen) atoms. The smallest absolute Gasteiger partial charge is 0.127 e. The number of benzene rings is 1. The maximum Gasteiger partial charge on any atom is 0.127 e. The zero-order chi connectivity index (χ0) is 14.3. The number of halogens is 1. The number of hydrogen-bond acceptors (Lipinski definition) is 2. The fourth-order valence-corrected chi connectivity index (χ4v) is 3.03. The molecule has 1 aliphatic carbocycles. The Balaban J connectivity index is 2.09. The lowest BCUT2D eigenvalue weighted by atomic mass is 10.0. The quantitative estimate of drug-likeness (QED) is 0.757. The highest BCUT2D eigenvalue weighted by atomic mass is 35.5. The predicted molar refractivity (Wildman–Crippen MR) is 82.5 cm³/mol. The van der Waals surface area contributed by atoms with Gasteiger partial charge < -0.3 is 9.30 Å². The van der Waals surface area contributed by atoms with Crippen LogP contribution in [0.5, 0.6) is 5.75 Å². The van der Waals surface area contributed by atoms with Crippen molar-refractivity contribution >= 4 is 22.6 Å². The van der Waals surface area contributed by atoms with E-state index in [2.05, 4.69) is 17.6 Å². The third kappa shape index (κ3) is 2.28. The van der Waals surface area contributed by atoms with Crippen LogP contribution >= 0.6 is 11.6 Å². The first-order valence-corrected chi connectivity index (χ1v) is 7.70. The summed E-state index contributed by atoms with van der Waals surface area (Å²) in [6.45, 7) is 5.29. The molecular weight excluding hydrogens is 272 g/mol. The Morgan fingerprint density at radius 3 is 2.75 bits per heavy atom. The molecule has 0 radical (unpaired) electrons. The first-order valence-electron chi connectivity index (χ1n) is 7.27. The number of hydrogen-bond donors (Lipinski definition) is 0. The molecule has 3 rings (SSSR count). The minimum Gasteiger partial charge on any atom is -0.497 e. The van der Waals surface area contributed by atoms with Crippen molar-refractivity contribution in [2.75, 3.05) is 7.11 Å². The zero-order valence-electron chi connectivity index (χ0n) is 12.3. The minimum absolute atomic E-state index is 0.0824. The fraction of sp³-hybridized carbons (Fsp3) is 0.562. The molecular formula is C16H21ClN2O. The molecule has 0 bridgehead atoms. The van der Waals surface area contributed by atoms with Crippen LogP contribution in [-0.2, 0) is 6.54 Å².